The van der Waals surface area contributed by atoms with Crippen molar-refractivity contribution < 1.29 is 13.9 Å². The summed E-state index contributed by atoms with van der Waals surface area (Å²) in [5.74, 6) is 0.388. The van der Waals surface area contributed by atoms with E-state index in [0.717, 1.165) is 0 Å². The lowest BCUT2D eigenvalue weighted by Gasteiger charge is -2.32. The van der Waals surface area contributed by atoms with Crippen LogP contribution < -0.4 is 15.6 Å². The van der Waals surface area contributed by atoms with Gasteiger partial charge in [-0.15, -0.1) is 0 Å². The van der Waals surface area contributed by atoms with Crippen LogP contribution in [0.5, 0.6) is 5.75 Å². The maximum Gasteiger partial charge on any atom is 0.322 e. The second-order valence-corrected chi connectivity index (χ2v) is 8.91. The zero-order chi connectivity index (χ0) is 26.5. The number of ether oxygens (including phenoxy) is 1. The molecule has 0 fully saturated rings. The molecule has 7 nitrogen and oxygen atoms in total. The Labute approximate surface area is 219 Å². The molecule has 3 aromatic carbocycles. The van der Waals surface area contributed by atoms with E-state index in [1.807, 2.05) is 13.8 Å². The van der Waals surface area contributed by atoms with Gasteiger partial charge >= 0.3 is 6.03 Å². The van der Waals surface area contributed by atoms with Crippen LogP contribution in [-0.2, 0) is 0 Å². The van der Waals surface area contributed by atoms with Crippen LogP contribution in [0.2, 0.25) is 5.02 Å². The van der Waals surface area contributed by atoms with Gasteiger partial charge in [0.25, 0.3) is 5.56 Å². The number of rotatable bonds is 8. The van der Waals surface area contributed by atoms with E-state index in [0.29, 0.717) is 53.2 Å². The van der Waals surface area contributed by atoms with Gasteiger partial charge in [-0.3, -0.25) is 9.36 Å². The Morgan fingerprint density at radius 2 is 1.92 bits per heavy atom. The van der Waals surface area contributed by atoms with E-state index in [1.54, 1.807) is 60.5 Å². The van der Waals surface area contributed by atoms with Gasteiger partial charge < -0.3 is 15.0 Å². The van der Waals surface area contributed by atoms with Crippen LogP contribution in [0.4, 0.5) is 14.9 Å². The van der Waals surface area contributed by atoms with E-state index in [9.17, 15) is 14.0 Å². The fourth-order valence-corrected chi connectivity index (χ4v) is 4.50. The predicted molar refractivity (Wildman–Crippen MR) is 144 cm³/mol. The number of urea groups is 1. The Morgan fingerprint density at radius 3 is 2.62 bits per heavy atom. The lowest BCUT2D eigenvalue weighted by molar-refractivity contribution is 0.181. The molecular formula is C28H28ClFN4O3. The first-order chi connectivity index (χ1) is 17.9. The predicted octanol–water partition coefficient (Wildman–Crippen LogP) is 6.58. The van der Waals surface area contributed by atoms with Crippen molar-refractivity contribution in [1.29, 1.82) is 0 Å². The lowest BCUT2D eigenvalue weighted by Crippen LogP contribution is -2.41. The average molecular weight is 523 g/mol. The third-order valence-electron chi connectivity index (χ3n) is 6.07. The molecule has 192 valence electrons. The van der Waals surface area contributed by atoms with E-state index >= 15 is 0 Å². The molecule has 0 bridgehead atoms. The molecule has 0 spiro atoms. The number of methoxy groups -OCH3 is 1. The molecule has 1 atom stereocenters. The van der Waals surface area contributed by atoms with Crippen molar-refractivity contribution in [2.45, 2.75) is 32.7 Å². The number of amides is 2. The molecule has 0 radical (unpaired) electrons. The van der Waals surface area contributed by atoms with Crippen LogP contribution in [0.1, 0.15) is 38.6 Å². The molecule has 0 aliphatic rings. The Hall–Kier alpha value is -3.91. The summed E-state index contributed by atoms with van der Waals surface area (Å²) in [4.78, 5) is 33.8. The molecule has 1 unspecified atom stereocenters. The summed E-state index contributed by atoms with van der Waals surface area (Å²) in [6.07, 6.45) is 1.16. The van der Waals surface area contributed by atoms with E-state index in [-0.39, 0.29) is 16.6 Å². The van der Waals surface area contributed by atoms with E-state index < -0.39 is 11.9 Å². The molecule has 1 N–H and O–H groups in total. The smallest absolute Gasteiger partial charge is 0.322 e. The third-order valence-corrected chi connectivity index (χ3v) is 6.36. The summed E-state index contributed by atoms with van der Waals surface area (Å²) in [6, 6.07) is 17.3. The highest BCUT2D eigenvalue weighted by molar-refractivity contribution is 6.30. The van der Waals surface area contributed by atoms with Crippen molar-refractivity contribution in [1.82, 2.24) is 14.5 Å². The van der Waals surface area contributed by atoms with Gasteiger partial charge in [-0.05, 0) is 55.3 Å². The largest absolute Gasteiger partial charge is 0.497 e. The number of halogens is 2. The lowest BCUT2D eigenvalue weighted by atomic mass is 10.1. The van der Waals surface area contributed by atoms with Gasteiger partial charge in [0.1, 0.15) is 17.4 Å². The Balaban J connectivity index is 1.86. The normalized spacial score (nSPS) is 11.8. The molecule has 37 heavy (non-hydrogen) atoms. The highest BCUT2D eigenvalue weighted by Gasteiger charge is 2.29. The van der Waals surface area contributed by atoms with Gasteiger partial charge in [0.2, 0.25) is 0 Å². The van der Waals surface area contributed by atoms with Crippen LogP contribution in [0, 0.1) is 5.82 Å². The maximum atomic E-state index is 14.0. The summed E-state index contributed by atoms with van der Waals surface area (Å²) < 4.78 is 20.7. The number of fused-ring (bicyclic) bond motifs is 1. The number of anilines is 1. The summed E-state index contributed by atoms with van der Waals surface area (Å²) in [7, 11) is 1.56. The number of benzene rings is 3. The number of carbonyl (C=O) groups is 1. The number of nitrogens with one attached hydrogen (secondary N) is 1. The van der Waals surface area contributed by atoms with Gasteiger partial charge in [-0.25, -0.2) is 14.2 Å². The third kappa shape index (κ3) is 5.44. The summed E-state index contributed by atoms with van der Waals surface area (Å²) >= 11 is 6.08. The van der Waals surface area contributed by atoms with E-state index in [4.69, 9.17) is 21.3 Å². The van der Waals surface area contributed by atoms with Crippen LogP contribution in [-0.4, -0.2) is 34.1 Å². The van der Waals surface area contributed by atoms with Crippen molar-refractivity contribution in [3.05, 3.63) is 93.7 Å². The number of aromatic nitrogens is 2. The molecule has 4 aromatic rings. The van der Waals surface area contributed by atoms with Crippen molar-refractivity contribution in [3.8, 4) is 11.4 Å². The first kappa shape index (κ1) is 26.2. The standard InChI is InChI=1S/C28H28ClFN4O3/c1-4-15-33(28(36)31-18-9-8-10-20(16-18)37-3)25(5-2)26-32-24-12-7-6-11-21(24)27(35)34(26)19-13-14-23(30)22(29)17-19/h6-14,16-17,25H,4-5,15H2,1-3H3,(H,31,36). The minimum Gasteiger partial charge on any atom is -0.497 e. The van der Waals surface area contributed by atoms with Crippen LogP contribution >= 0.6 is 11.6 Å². The average Bonchev–Trinajstić information content (AvgIpc) is 2.90. The highest BCUT2D eigenvalue weighted by atomic mass is 35.5. The summed E-state index contributed by atoms with van der Waals surface area (Å²) in [6.45, 7) is 4.32. The first-order valence-corrected chi connectivity index (χ1v) is 12.4. The molecule has 1 heterocycles. The van der Waals surface area contributed by atoms with Crippen LogP contribution in [0.3, 0.4) is 0 Å². The number of para-hydroxylation sites is 1. The van der Waals surface area contributed by atoms with Crippen molar-refractivity contribution in [2.75, 3.05) is 19.0 Å². The van der Waals surface area contributed by atoms with Gasteiger partial charge in [-0.2, -0.15) is 0 Å². The van der Waals surface area contributed by atoms with Gasteiger partial charge in [0, 0.05) is 18.3 Å². The highest BCUT2D eigenvalue weighted by Crippen LogP contribution is 2.28. The zero-order valence-corrected chi connectivity index (χ0v) is 21.6. The number of hydrogen-bond donors (Lipinski definition) is 1. The quantitative estimate of drug-likeness (QED) is 0.283. The molecular weight excluding hydrogens is 495 g/mol. The van der Waals surface area contributed by atoms with Crippen molar-refractivity contribution in [2.24, 2.45) is 0 Å². The Bertz CT molecular complexity index is 1490. The van der Waals surface area contributed by atoms with Gasteiger partial charge in [-0.1, -0.05) is 43.6 Å². The fraction of sp³-hybridized carbons (Fsp3) is 0.250. The molecule has 0 saturated heterocycles. The van der Waals surface area contributed by atoms with Crippen LogP contribution in [0.15, 0.2) is 71.5 Å². The minimum absolute atomic E-state index is 0.113. The fourth-order valence-electron chi connectivity index (χ4n) is 4.33. The number of carbonyl (C=O) groups excluding carboxylic acids is 1. The second kappa shape index (κ2) is 11.4. The summed E-state index contributed by atoms with van der Waals surface area (Å²) in [5, 5.41) is 3.23. The molecule has 4 rings (SSSR count). The van der Waals surface area contributed by atoms with Gasteiger partial charge in [0.15, 0.2) is 0 Å². The molecule has 1 aromatic heterocycles. The molecule has 0 aliphatic heterocycles. The molecule has 0 saturated carbocycles. The van der Waals surface area contributed by atoms with E-state index in [2.05, 4.69) is 5.32 Å². The van der Waals surface area contributed by atoms with Gasteiger partial charge in [0.05, 0.1) is 34.8 Å². The molecule has 0 aliphatic carbocycles. The minimum atomic E-state index is -0.592. The zero-order valence-electron chi connectivity index (χ0n) is 20.9. The number of hydrogen-bond acceptors (Lipinski definition) is 4. The first-order valence-electron chi connectivity index (χ1n) is 12.1. The van der Waals surface area contributed by atoms with Crippen molar-refractivity contribution >= 4 is 34.2 Å². The molecule has 2 amide bonds. The SMILES string of the molecule is CCCN(C(=O)Nc1cccc(OC)c1)C(CC)c1nc2ccccc2c(=O)n1-c1ccc(F)c(Cl)c1. The number of nitrogens with zero attached hydrogens (tertiary/aromatic N) is 3. The second-order valence-electron chi connectivity index (χ2n) is 8.51. The monoisotopic (exact) mass is 522 g/mol. The van der Waals surface area contributed by atoms with E-state index in [1.165, 1.54) is 22.8 Å². The summed E-state index contributed by atoms with van der Waals surface area (Å²) in [5.41, 5.74) is 1.13. The topological polar surface area (TPSA) is 76.5 Å². The maximum absolute atomic E-state index is 14.0. The van der Waals surface area contributed by atoms with Crippen molar-refractivity contribution in [3.63, 3.8) is 0 Å². The Kier molecular flexibility index (Phi) is 8.08. The Morgan fingerprint density at radius 1 is 1.14 bits per heavy atom. The molecule has 9 heteroatoms. The van der Waals surface area contributed by atoms with Crippen LogP contribution in [0.25, 0.3) is 16.6 Å².